The van der Waals surface area contributed by atoms with E-state index in [0.29, 0.717) is 17.5 Å². The number of aryl methyl sites for hydroxylation is 1. The zero-order chi connectivity index (χ0) is 21.1. The number of aromatic nitrogens is 3. The van der Waals surface area contributed by atoms with Crippen LogP contribution in [0.4, 0.5) is 17.5 Å². The van der Waals surface area contributed by atoms with E-state index >= 15 is 0 Å². The Morgan fingerprint density at radius 1 is 0.533 bits per heavy atom. The summed E-state index contributed by atoms with van der Waals surface area (Å²) in [5, 5.41) is 0. The van der Waals surface area contributed by atoms with Gasteiger partial charge in [0, 0.05) is 5.92 Å². The van der Waals surface area contributed by atoms with Crippen LogP contribution in [0.15, 0.2) is 78.9 Å². The number of pyridine rings is 3. The Labute approximate surface area is 175 Å². The van der Waals surface area contributed by atoms with Crippen molar-refractivity contribution in [1.82, 2.24) is 15.0 Å². The third kappa shape index (κ3) is 4.07. The predicted molar refractivity (Wildman–Crippen MR) is 121 cm³/mol. The second-order valence-electron chi connectivity index (χ2n) is 7.33. The van der Waals surface area contributed by atoms with Gasteiger partial charge in [-0.15, -0.1) is 0 Å². The van der Waals surface area contributed by atoms with E-state index in [2.05, 4.69) is 46.1 Å². The molecule has 1 unspecified atom stereocenters. The Morgan fingerprint density at radius 2 is 0.933 bits per heavy atom. The minimum Gasteiger partial charge on any atom is -0.384 e. The number of rotatable bonds is 5. The van der Waals surface area contributed by atoms with Gasteiger partial charge >= 0.3 is 0 Å². The third-order valence-corrected chi connectivity index (χ3v) is 5.10. The largest absolute Gasteiger partial charge is 0.384 e. The highest BCUT2D eigenvalue weighted by Gasteiger charge is 2.31. The first-order chi connectivity index (χ1) is 14.5. The van der Waals surface area contributed by atoms with Crippen LogP contribution in [0, 0.1) is 6.92 Å². The van der Waals surface area contributed by atoms with Gasteiger partial charge in [-0.1, -0.05) is 48.0 Å². The molecule has 4 rings (SSSR count). The van der Waals surface area contributed by atoms with Crippen molar-refractivity contribution in [3.05, 3.63) is 107 Å². The van der Waals surface area contributed by atoms with Gasteiger partial charge in [0.2, 0.25) is 0 Å². The van der Waals surface area contributed by atoms with Crippen LogP contribution >= 0.6 is 0 Å². The zero-order valence-corrected chi connectivity index (χ0v) is 16.7. The summed E-state index contributed by atoms with van der Waals surface area (Å²) in [6, 6.07) is 25.3. The monoisotopic (exact) mass is 396 g/mol. The summed E-state index contributed by atoms with van der Waals surface area (Å²) in [6.07, 6.45) is 0. The number of nitrogens with zero attached hydrogens (tertiary/aromatic N) is 3. The van der Waals surface area contributed by atoms with Crippen molar-refractivity contribution in [2.75, 3.05) is 17.2 Å². The zero-order valence-electron chi connectivity index (χ0n) is 16.7. The fraction of sp³-hybridized carbons (Fsp3) is 0.125. The van der Waals surface area contributed by atoms with Crippen LogP contribution in [0.3, 0.4) is 0 Å². The van der Waals surface area contributed by atoms with Crippen LogP contribution in [0.1, 0.15) is 40.0 Å². The van der Waals surface area contributed by atoms with Gasteiger partial charge in [0.15, 0.2) is 0 Å². The molecule has 0 saturated heterocycles. The Bertz CT molecular complexity index is 1110. The Balaban J connectivity index is 1.98. The van der Waals surface area contributed by atoms with Crippen LogP contribution in [-0.4, -0.2) is 15.0 Å². The number of hydrogen-bond donors (Lipinski definition) is 3. The molecule has 0 aliphatic heterocycles. The average molecular weight is 396 g/mol. The lowest BCUT2D eigenvalue weighted by molar-refractivity contribution is 0.644. The highest BCUT2D eigenvalue weighted by molar-refractivity contribution is 5.44. The Morgan fingerprint density at radius 3 is 1.33 bits per heavy atom. The van der Waals surface area contributed by atoms with Crippen LogP contribution in [0.2, 0.25) is 0 Å². The second-order valence-corrected chi connectivity index (χ2v) is 7.33. The summed E-state index contributed by atoms with van der Waals surface area (Å²) >= 11 is 0. The van der Waals surface area contributed by atoms with Gasteiger partial charge < -0.3 is 17.2 Å². The van der Waals surface area contributed by atoms with Gasteiger partial charge in [-0.25, -0.2) is 15.0 Å². The lowest BCUT2D eigenvalue weighted by atomic mass is 9.78. The molecule has 0 bridgehead atoms. The molecule has 0 fully saturated rings. The molecule has 3 heterocycles. The molecule has 1 aromatic carbocycles. The topological polar surface area (TPSA) is 117 Å². The molecule has 0 saturated carbocycles. The molecule has 4 aromatic rings. The van der Waals surface area contributed by atoms with Gasteiger partial charge in [-0.2, -0.15) is 0 Å². The van der Waals surface area contributed by atoms with Gasteiger partial charge in [0.05, 0.1) is 23.0 Å². The molecular formula is C24H24N6. The van der Waals surface area contributed by atoms with Crippen LogP contribution in [-0.2, 0) is 0 Å². The summed E-state index contributed by atoms with van der Waals surface area (Å²) in [6.45, 7) is 2.06. The molecule has 0 radical (unpaired) electrons. The van der Waals surface area contributed by atoms with Gasteiger partial charge in [-0.3, -0.25) is 0 Å². The van der Waals surface area contributed by atoms with Crippen LogP contribution in [0.5, 0.6) is 0 Å². The molecule has 0 aliphatic rings. The van der Waals surface area contributed by atoms with Crippen molar-refractivity contribution in [2.45, 2.75) is 18.8 Å². The highest BCUT2D eigenvalue weighted by Crippen LogP contribution is 2.41. The van der Waals surface area contributed by atoms with E-state index in [1.165, 1.54) is 5.56 Å². The van der Waals surface area contributed by atoms with Crippen LogP contribution in [0.25, 0.3) is 0 Å². The lowest BCUT2D eigenvalue weighted by Gasteiger charge is -2.27. The van der Waals surface area contributed by atoms with Crippen molar-refractivity contribution >= 4 is 17.5 Å². The smallest absolute Gasteiger partial charge is 0.123 e. The fourth-order valence-electron chi connectivity index (χ4n) is 3.73. The maximum Gasteiger partial charge on any atom is 0.123 e. The summed E-state index contributed by atoms with van der Waals surface area (Å²) < 4.78 is 0. The fourth-order valence-corrected chi connectivity index (χ4v) is 3.73. The number of nitrogen functional groups attached to an aromatic ring is 3. The molecule has 3 aromatic heterocycles. The first kappa shape index (κ1) is 19.4. The summed E-state index contributed by atoms with van der Waals surface area (Å²) in [5.41, 5.74) is 22.8. The summed E-state index contributed by atoms with van der Waals surface area (Å²) in [4.78, 5) is 13.9. The van der Waals surface area contributed by atoms with E-state index in [4.69, 9.17) is 17.2 Å². The van der Waals surface area contributed by atoms with E-state index in [1.54, 1.807) is 18.2 Å². The number of nitrogens with two attached hydrogens (primary N) is 3. The van der Waals surface area contributed by atoms with E-state index in [-0.39, 0.29) is 11.8 Å². The maximum absolute atomic E-state index is 6.04. The van der Waals surface area contributed by atoms with E-state index in [1.807, 2.05) is 36.4 Å². The van der Waals surface area contributed by atoms with E-state index in [0.717, 1.165) is 22.6 Å². The Kier molecular flexibility index (Phi) is 5.30. The molecule has 0 aliphatic carbocycles. The third-order valence-electron chi connectivity index (χ3n) is 5.10. The number of anilines is 3. The van der Waals surface area contributed by atoms with Crippen molar-refractivity contribution in [3.63, 3.8) is 0 Å². The molecular weight excluding hydrogens is 372 g/mol. The summed E-state index contributed by atoms with van der Waals surface area (Å²) in [5.74, 6) is 0.922. The molecule has 1 atom stereocenters. The molecule has 6 N–H and O–H groups in total. The molecule has 0 amide bonds. The van der Waals surface area contributed by atoms with Gasteiger partial charge in [0.1, 0.15) is 17.5 Å². The first-order valence-corrected chi connectivity index (χ1v) is 9.75. The van der Waals surface area contributed by atoms with Crippen molar-refractivity contribution in [3.8, 4) is 0 Å². The minimum absolute atomic E-state index is 0.183. The van der Waals surface area contributed by atoms with E-state index < -0.39 is 0 Å². The number of benzene rings is 1. The van der Waals surface area contributed by atoms with E-state index in [9.17, 15) is 0 Å². The van der Waals surface area contributed by atoms with Gasteiger partial charge in [0.25, 0.3) is 0 Å². The quantitative estimate of drug-likeness (QED) is 0.471. The number of hydrogen-bond acceptors (Lipinski definition) is 6. The Hall–Kier alpha value is -3.93. The molecule has 30 heavy (non-hydrogen) atoms. The normalized spacial score (nSPS) is 12.1. The lowest BCUT2D eigenvalue weighted by Crippen LogP contribution is -2.19. The molecule has 6 nitrogen and oxygen atoms in total. The minimum atomic E-state index is -0.256. The highest BCUT2D eigenvalue weighted by atomic mass is 14.9. The summed E-state index contributed by atoms with van der Waals surface area (Å²) in [7, 11) is 0. The molecule has 150 valence electrons. The first-order valence-electron chi connectivity index (χ1n) is 9.75. The SMILES string of the molecule is Cc1ccc(C(c2cccc(N)n2)C(c2cccc(N)n2)c2cccc(N)n2)cc1. The maximum atomic E-state index is 6.04. The van der Waals surface area contributed by atoms with Crippen molar-refractivity contribution in [1.29, 1.82) is 0 Å². The predicted octanol–water partition coefficient (Wildman–Crippen LogP) is 3.89. The standard InChI is InChI=1S/C24H24N6/c1-15-11-13-16(14-12-15)23(17-5-2-8-20(25)28-17)24(18-6-3-9-21(26)29-18)19-7-4-10-22(27)30-19/h2-14,23-24H,1H3,(H2,25,28)(H2,26,29)(H2,27,30). The van der Waals surface area contributed by atoms with Crippen molar-refractivity contribution in [2.24, 2.45) is 0 Å². The molecule has 0 spiro atoms. The van der Waals surface area contributed by atoms with Gasteiger partial charge in [-0.05, 0) is 48.9 Å². The average Bonchev–Trinajstić information content (AvgIpc) is 2.73. The van der Waals surface area contributed by atoms with Crippen molar-refractivity contribution < 1.29 is 0 Å². The van der Waals surface area contributed by atoms with Crippen LogP contribution < -0.4 is 17.2 Å². The molecule has 6 heteroatoms. The second kappa shape index (κ2) is 8.21.